The molecule has 0 unspecified atom stereocenters. The van der Waals surface area contributed by atoms with Gasteiger partial charge in [0.15, 0.2) is 0 Å². The highest BCUT2D eigenvalue weighted by atomic mass is 32.1. The maximum atomic E-state index is 11.4. The zero-order valence-corrected chi connectivity index (χ0v) is 8.93. The Kier molecular flexibility index (Phi) is 2.67. The number of hydrogen-bond donors (Lipinski definition) is 1. The van der Waals surface area contributed by atoms with E-state index in [1.54, 1.807) is 11.3 Å². The Morgan fingerprint density at radius 1 is 1.71 bits per heavy atom. The monoisotopic (exact) mass is 211 g/mol. The van der Waals surface area contributed by atoms with Gasteiger partial charge in [-0.2, -0.15) is 0 Å². The summed E-state index contributed by atoms with van der Waals surface area (Å²) in [6.07, 6.45) is 2.87. The van der Waals surface area contributed by atoms with Crippen molar-refractivity contribution in [3.63, 3.8) is 0 Å². The van der Waals surface area contributed by atoms with Crippen molar-refractivity contribution in [3.8, 4) is 0 Å². The fourth-order valence-corrected chi connectivity index (χ4v) is 2.27. The van der Waals surface area contributed by atoms with E-state index in [-0.39, 0.29) is 6.03 Å². The molecule has 14 heavy (non-hydrogen) atoms. The second-order valence-corrected chi connectivity index (χ2v) is 4.69. The van der Waals surface area contributed by atoms with Crippen LogP contribution < -0.4 is 5.32 Å². The van der Waals surface area contributed by atoms with E-state index in [9.17, 15) is 4.79 Å². The predicted molar refractivity (Wildman–Crippen MR) is 55.3 cm³/mol. The summed E-state index contributed by atoms with van der Waals surface area (Å²) in [5.41, 5.74) is 0. The van der Waals surface area contributed by atoms with Gasteiger partial charge in [-0.15, -0.1) is 11.3 Å². The fourth-order valence-electron chi connectivity index (χ4n) is 1.47. The SMILES string of the molecule is Cc1cnc(CN2CCCNC2=O)s1. The van der Waals surface area contributed by atoms with Crippen LogP contribution in [-0.4, -0.2) is 29.0 Å². The number of aromatic nitrogens is 1. The summed E-state index contributed by atoms with van der Waals surface area (Å²) in [5.74, 6) is 0. The van der Waals surface area contributed by atoms with Gasteiger partial charge in [-0.25, -0.2) is 9.78 Å². The van der Waals surface area contributed by atoms with Crippen molar-refractivity contribution in [1.29, 1.82) is 0 Å². The maximum Gasteiger partial charge on any atom is 0.317 e. The van der Waals surface area contributed by atoms with E-state index < -0.39 is 0 Å². The Balaban J connectivity index is 1.99. The van der Waals surface area contributed by atoms with Gasteiger partial charge in [-0.3, -0.25) is 0 Å². The molecule has 4 nitrogen and oxygen atoms in total. The summed E-state index contributed by atoms with van der Waals surface area (Å²) >= 11 is 1.65. The van der Waals surface area contributed by atoms with Crippen LogP contribution >= 0.6 is 11.3 Å². The minimum absolute atomic E-state index is 0.0316. The Morgan fingerprint density at radius 3 is 3.21 bits per heavy atom. The molecule has 76 valence electrons. The van der Waals surface area contributed by atoms with Gasteiger partial charge in [0.2, 0.25) is 0 Å². The number of carbonyl (C=O) groups is 1. The van der Waals surface area contributed by atoms with Crippen LogP contribution in [-0.2, 0) is 6.54 Å². The van der Waals surface area contributed by atoms with E-state index in [0.29, 0.717) is 6.54 Å². The van der Waals surface area contributed by atoms with Crippen LogP contribution in [0.3, 0.4) is 0 Å². The van der Waals surface area contributed by atoms with Crippen molar-refractivity contribution in [2.45, 2.75) is 19.9 Å². The maximum absolute atomic E-state index is 11.4. The van der Waals surface area contributed by atoms with Gasteiger partial charge in [0.05, 0.1) is 6.54 Å². The van der Waals surface area contributed by atoms with Crippen LogP contribution in [0.5, 0.6) is 0 Å². The molecule has 0 radical (unpaired) electrons. The smallest absolute Gasteiger partial charge is 0.317 e. The summed E-state index contributed by atoms with van der Waals surface area (Å²) in [6, 6.07) is 0.0316. The molecule has 1 fully saturated rings. The molecule has 1 aromatic heterocycles. The van der Waals surface area contributed by atoms with Gasteiger partial charge in [0.25, 0.3) is 0 Å². The topological polar surface area (TPSA) is 45.2 Å². The normalized spacial score (nSPS) is 16.9. The summed E-state index contributed by atoms with van der Waals surface area (Å²) in [4.78, 5) is 18.6. The lowest BCUT2D eigenvalue weighted by atomic mass is 10.3. The van der Waals surface area contributed by atoms with Crippen molar-refractivity contribution in [1.82, 2.24) is 15.2 Å². The molecule has 0 aromatic carbocycles. The lowest BCUT2D eigenvalue weighted by molar-refractivity contribution is 0.183. The van der Waals surface area contributed by atoms with E-state index in [2.05, 4.69) is 10.3 Å². The zero-order valence-electron chi connectivity index (χ0n) is 8.12. The van der Waals surface area contributed by atoms with Crippen LogP contribution in [0.25, 0.3) is 0 Å². The van der Waals surface area contributed by atoms with Crippen molar-refractivity contribution in [3.05, 3.63) is 16.1 Å². The molecule has 0 aliphatic carbocycles. The molecule has 0 bridgehead atoms. The first kappa shape index (κ1) is 9.45. The highest BCUT2D eigenvalue weighted by Crippen LogP contribution is 2.14. The van der Waals surface area contributed by atoms with Crippen molar-refractivity contribution in [2.24, 2.45) is 0 Å². The van der Waals surface area contributed by atoms with E-state index in [1.807, 2.05) is 18.0 Å². The van der Waals surface area contributed by atoms with E-state index in [4.69, 9.17) is 0 Å². The highest BCUT2D eigenvalue weighted by Gasteiger charge is 2.18. The Labute approximate surface area is 86.9 Å². The van der Waals surface area contributed by atoms with Crippen LogP contribution in [0.2, 0.25) is 0 Å². The van der Waals surface area contributed by atoms with E-state index in [0.717, 1.165) is 24.5 Å². The molecule has 0 spiro atoms. The molecule has 1 aromatic rings. The fraction of sp³-hybridized carbons (Fsp3) is 0.556. The minimum atomic E-state index is 0.0316. The number of aryl methyl sites for hydroxylation is 1. The summed E-state index contributed by atoms with van der Waals surface area (Å²) in [5, 5.41) is 3.84. The number of urea groups is 1. The molecular weight excluding hydrogens is 198 g/mol. The van der Waals surface area contributed by atoms with Crippen molar-refractivity contribution in [2.75, 3.05) is 13.1 Å². The highest BCUT2D eigenvalue weighted by molar-refractivity contribution is 7.11. The molecule has 1 N–H and O–H groups in total. The molecule has 0 atom stereocenters. The van der Waals surface area contributed by atoms with Gasteiger partial charge in [-0.1, -0.05) is 0 Å². The average molecular weight is 211 g/mol. The van der Waals surface area contributed by atoms with Gasteiger partial charge >= 0.3 is 6.03 Å². The number of hydrogen-bond acceptors (Lipinski definition) is 3. The number of carbonyl (C=O) groups excluding carboxylic acids is 1. The Bertz CT molecular complexity index is 337. The third kappa shape index (κ3) is 2.04. The van der Waals surface area contributed by atoms with Crippen LogP contribution in [0.4, 0.5) is 4.79 Å². The van der Waals surface area contributed by atoms with E-state index >= 15 is 0 Å². The minimum Gasteiger partial charge on any atom is -0.338 e. The summed E-state index contributed by atoms with van der Waals surface area (Å²) < 4.78 is 0. The number of amides is 2. The molecular formula is C9H13N3OS. The zero-order chi connectivity index (χ0) is 9.97. The lowest BCUT2D eigenvalue weighted by Gasteiger charge is -2.26. The predicted octanol–water partition coefficient (Wildman–Crippen LogP) is 1.37. The third-order valence-electron chi connectivity index (χ3n) is 2.16. The standard InChI is InChI=1S/C9H13N3OS/c1-7-5-11-8(14-7)6-12-4-2-3-10-9(12)13/h5H,2-4,6H2,1H3,(H,10,13). The Hall–Kier alpha value is -1.10. The molecule has 1 saturated heterocycles. The first-order chi connectivity index (χ1) is 6.75. The number of rotatable bonds is 2. The first-order valence-corrected chi connectivity index (χ1v) is 5.51. The lowest BCUT2D eigenvalue weighted by Crippen LogP contribution is -2.45. The summed E-state index contributed by atoms with van der Waals surface area (Å²) in [6.45, 7) is 4.30. The quantitative estimate of drug-likeness (QED) is 0.803. The number of nitrogens with zero attached hydrogens (tertiary/aromatic N) is 2. The van der Waals surface area contributed by atoms with Gasteiger partial charge in [-0.05, 0) is 13.3 Å². The van der Waals surface area contributed by atoms with Crippen LogP contribution in [0.15, 0.2) is 6.20 Å². The molecule has 1 aliphatic heterocycles. The number of thiazole rings is 1. The molecule has 2 amide bonds. The molecule has 2 heterocycles. The first-order valence-electron chi connectivity index (χ1n) is 4.70. The van der Waals surface area contributed by atoms with Gasteiger partial charge in [0.1, 0.15) is 5.01 Å². The second-order valence-electron chi connectivity index (χ2n) is 3.37. The third-order valence-corrected chi connectivity index (χ3v) is 3.06. The molecule has 0 saturated carbocycles. The largest absolute Gasteiger partial charge is 0.338 e. The number of nitrogens with one attached hydrogen (secondary N) is 1. The average Bonchev–Trinajstić information content (AvgIpc) is 2.56. The van der Waals surface area contributed by atoms with Crippen LogP contribution in [0, 0.1) is 6.92 Å². The molecule has 5 heteroatoms. The van der Waals surface area contributed by atoms with Gasteiger partial charge in [0, 0.05) is 24.2 Å². The van der Waals surface area contributed by atoms with Gasteiger partial charge < -0.3 is 10.2 Å². The summed E-state index contributed by atoms with van der Waals surface area (Å²) in [7, 11) is 0. The Morgan fingerprint density at radius 2 is 2.57 bits per heavy atom. The second kappa shape index (κ2) is 3.96. The van der Waals surface area contributed by atoms with Crippen LogP contribution in [0.1, 0.15) is 16.3 Å². The van der Waals surface area contributed by atoms with E-state index in [1.165, 1.54) is 4.88 Å². The molecule has 2 rings (SSSR count). The molecule has 1 aliphatic rings. The van der Waals surface area contributed by atoms with Crippen molar-refractivity contribution < 1.29 is 4.79 Å². The van der Waals surface area contributed by atoms with Crippen molar-refractivity contribution >= 4 is 17.4 Å².